The first-order valence-electron chi connectivity index (χ1n) is 5.81. The van der Waals surface area contributed by atoms with Gasteiger partial charge in [-0.05, 0) is 24.5 Å². The molecule has 0 aliphatic heterocycles. The standard InChI is InChI=1S/C13H17ClN2O2/c1-10-4-2-3-5-11(10)7-9-15-13(18)16-12(17)6-8-14/h2-5H,6-9H2,1H3,(H2,15,16,17,18). The molecule has 0 unspecified atom stereocenters. The summed E-state index contributed by atoms with van der Waals surface area (Å²) in [5, 5.41) is 4.84. The van der Waals surface area contributed by atoms with Crippen LogP contribution in [0.3, 0.4) is 0 Å². The third-order valence-electron chi connectivity index (χ3n) is 2.52. The zero-order valence-corrected chi connectivity index (χ0v) is 11.1. The van der Waals surface area contributed by atoms with E-state index in [1.807, 2.05) is 31.2 Å². The van der Waals surface area contributed by atoms with Gasteiger partial charge in [-0.1, -0.05) is 24.3 Å². The summed E-state index contributed by atoms with van der Waals surface area (Å²) < 4.78 is 0. The third-order valence-corrected chi connectivity index (χ3v) is 2.70. The highest BCUT2D eigenvalue weighted by atomic mass is 35.5. The second-order valence-corrected chi connectivity index (χ2v) is 4.30. The van der Waals surface area contributed by atoms with Gasteiger partial charge in [0.25, 0.3) is 0 Å². The van der Waals surface area contributed by atoms with Gasteiger partial charge >= 0.3 is 6.03 Å². The fraction of sp³-hybridized carbons (Fsp3) is 0.385. The lowest BCUT2D eigenvalue weighted by molar-refractivity contribution is -0.119. The van der Waals surface area contributed by atoms with E-state index in [2.05, 4.69) is 10.6 Å². The van der Waals surface area contributed by atoms with Gasteiger partial charge in [-0.3, -0.25) is 10.1 Å². The third kappa shape index (κ3) is 5.19. The lowest BCUT2D eigenvalue weighted by Gasteiger charge is -2.07. The average Bonchev–Trinajstić information content (AvgIpc) is 2.31. The van der Waals surface area contributed by atoms with Crippen molar-refractivity contribution in [3.8, 4) is 0 Å². The van der Waals surface area contributed by atoms with Crippen molar-refractivity contribution in [1.82, 2.24) is 10.6 Å². The molecule has 0 saturated carbocycles. The molecular weight excluding hydrogens is 252 g/mol. The Morgan fingerprint density at radius 1 is 1.28 bits per heavy atom. The molecule has 98 valence electrons. The molecule has 0 aliphatic rings. The number of nitrogens with one attached hydrogen (secondary N) is 2. The molecule has 0 fully saturated rings. The normalized spacial score (nSPS) is 9.89. The Bertz CT molecular complexity index is 421. The van der Waals surface area contributed by atoms with Gasteiger partial charge in [0.05, 0.1) is 0 Å². The maximum atomic E-state index is 11.3. The van der Waals surface area contributed by atoms with Crippen LogP contribution >= 0.6 is 11.6 Å². The van der Waals surface area contributed by atoms with E-state index in [1.54, 1.807) is 0 Å². The van der Waals surface area contributed by atoms with Crippen molar-refractivity contribution < 1.29 is 9.59 Å². The summed E-state index contributed by atoms with van der Waals surface area (Å²) in [6.45, 7) is 2.52. The van der Waals surface area contributed by atoms with Gasteiger partial charge in [0.2, 0.25) is 5.91 Å². The van der Waals surface area contributed by atoms with Crippen molar-refractivity contribution in [3.05, 3.63) is 35.4 Å². The van der Waals surface area contributed by atoms with Gasteiger partial charge in [-0.25, -0.2) is 4.79 Å². The maximum absolute atomic E-state index is 11.3. The molecule has 2 N–H and O–H groups in total. The molecule has 0 saturated heterocycles. The minimum Gasteiger partial charge on any atom is -0.337 e. The molecule has 0 atom stereocenters. The number of hydrogen-bond acceptors (Lipinski definition) is 2. The lowest BCUT2D eigenvalue weighted by atomic mass is 10.1. The van der Waals surface area contributed by atoms with Gasteiger partial charge in [-0.15, -0.1) is 11.6 Å². The molecule has 18 heavy (non-hydrogen) atoms. The van der Waals surface area contributed by atoms with Crippen molar-refractivity contribution >= 4 is 23.5 Å². The number of halogens is 1. The van der Waals surface area contributed by atoms with Gasteiger partial charge < -0.3 is 5.32 Å². The van der Waals surface area contributed by atoms with Gasteiger partial charge in [0.15, 0.2) is 0 Å². The Morgan fingerprint density at radius 2 is 2.00 bits per heavy atom. The van der Waals surface area contributed by atoms with Crippen molar-refractivity contribution in [1.29, 1.82) is 0 Å². The molecule has 4 nitrogen and oxygen atoms in total. The van der Waals surface area contributed by atoms with Crippen LogP contribution in [-0.2, 0) is 11.2 Å². The van der Waals surface area contributed by atoms with Crippen LogP contribution < -0.4 is 10.6 Å². The second kappa shape index (κ2) is 7.71. The Balaban J connectivity index is 2.28. The largest absolute Gasteiger partial charge is 0.337 e. The molecule has 1 aromatic carbocycles. The van der Waals surface area contributed by atoms with Crippen LogP contribution in [-0.4, -0.2) is 24.4 Å². The maximum Gasteiger partial charge on any atom is 0.321 e. The molecule has 0 aliphatic carbocycles. The first-order chi connectivity index (χ1) is 8.63. The van der Waals surface area contributed by atoms with Gasteiger partial charge in [-0.2, -0.15) is 0 Å². The number of benzene rings is 1. The SMILES string of the molecule is Cc1ccccc1CCNC(=O)NC(=O)CCCl. The zero-order valence-electron chi connectivity index (χ0n) is 10.3. The number of aryl methyl sites for hydroxylation is 1. The Kier molecular flexibility index (Phi) is 6.22. The van der Waals surface area contributed by atoms with Gasteiger partial charge in [0, 0.05) is 18.8 Å². The molecule has 5 heteroatoms. The van der Waals surface area contributed by atoms with E-state index in [0.29, 0.717) is 6.54 Å². The highest BCUT2D eigenvalue weighted by molar-refractivity contribution is 6.19. The van der Waals surface area contributed by atoms with Crippen molar-refractivity contribution in [2.24, 2.45) is 0 Å². The minimum absolute atomic E-state index is 0.146. The van der Waals surface area contributed by atoms with E-state index in [0.717, 1.165) is 6.42 Å². The first-order valence-corrected chi connectivity index (χ1v) is 6.35. The van der Waals surface area contributed by atoms with E-state index in [1.165, 1.54) is 11.1 Å². The summed E-state index contributed by atoms with van der Waals surface area (Å²) in [6.07, 6.45) is 0.885. The molecule has 1 aromatic rings. The second-order valence-electron chi connectivity index (χ2n) is 3.92. The molecular formula is C13H17ClN2O2. The summed E-state index contributed by atoms with van der Waals surface area (Å²) in [7, 11) is 0. The molecule has 1 rings (SSSR count). The molecule has 0 heterocycles. The van der Waals surface area contributed by atoms with Crippen LogP contribution in [0.5, 0.6) is 0 Å². The molecule has 0 spiro atoms. The van der Waals surface area contributed by atoms with Crippen LogP contribution in [0.4, 0.5) is 4.79 Å². The van der Waals surface area contributed by atoms with Crippen molar-refractivity contribution in [2.75, 3.05) is 12.4 Å². The van der Waals surface area contributed by atoms with E-state index in [9.17, 15) is 9.59 Å². The quantitative estimate of drug-likeness (QED) is 0.803. The highest BCUT2D eigenvalue weighted by Crippen LogP contribution is 2.06. The number of carbonyl (C=O) groups is 2. The first kappa shape index (κ1) is 14.5. The summed E-state index contributed by atoms with van der Waals surface area (Å²) >= 11 is 5.39. The Hall–Kier alpha value is -1.55. The van der Waals surface area contributed by atoms with E-state index in [-0.39, 0.29) is 18.2 Å². The molecule has 0 radical (unpaired) electrons. The van der Waals surface area contributed by atoms with Crippen LogP contribution in [0, 0.1) is 6.92 Å². The van der Waals surface area contributed by atoms with Crippen LogP contribution in [0.1, 0.15) is 17.5 Å². The summed E-state index contributed by atoms with van der Waals surface area (Å²) in [5.74, 6) is -0.152. The predicted molar refractivity (Wildman–Crippen MR) is 71.8 cm³/mol. The predicted octanol–water partition coefficient (Wildman–Crippen LogP) is 1.99. The topological polar surface area (TPSA) is 58.2 Å². The lowest BCUT2D eigenvalue weighted by Crippen LogP contribution is -2.40. The summed E-state index contributed by atoms with van der Waals surface area (Å²) in [4.78, 5) is 22.4. The Labute approximate surface area is 112 Å². The molecule has 0 bridgehead atoms. The monoisotopic (exact) mass is 268 g/mol. The molecule has 3 amide bonds. The fourth-order valence-electron chi connectivity index (χ4n) is 1.52. The number of carbonyl (C=O) groups excluding carboxylic acids is 2. The number of imide groups is 1. The zero-order chi connectivity index (χ0) is 13.4. The van der Waals surface area contributed by atoms with E-state index >= 15 is 0 Å². The smallest absolute Gasteiger partial charge is 0.321 e. The minimum atomic E-state index is -0.473. The average molecular weight is 269 g/mol. The summed E-state index contributed by atoms with van der Waals surface area (Å²) in [6, 6.07) is 7.52. The van der Waals surface area contributed by atoms with E-state index < -0.39 is 6.03 Å². The van der Waals surface area contributed by atoms with Crippen LogP contribution in [0.25, 0.3) is 0 Å². The number of rotatable bonds is 5. The fourth-order valence-corrected chi connectivity index (χ4v) is 1.69. The number of hydrogen-bond donors (Lipinski definition) is 2. The number of alkyl halides is 1. The van der Waals surface area contributed by atoms with Crippen LogP contribution in [0.2, 0.25) is 0 Å². The van der Waals surface area contributed by atoms with Crippen molar-refractivity contribution in [2.45, 2.75) is 19.8 Å². The summed E-state index contributed by atoms with van der Waals surface area (Å²) in [5.41, 5.74) is 2.38. The van der Waals surface area contributed by atoms with Crippen molar-refractivity contribution in [3.63, 3.8) is 0 Å². The van der Waals surface area contributed by atoms with Gasteiger partial charge in [0.1, 0.15) is 0 Å². The Morgan fingerprint density at radius 3 is 2.67 bits per heavy atom. The number of urea groups is 1. The van der Waals surface area contributed by atoms with E-state index in [4.69, 9.17) is 11.6 Å². The number of amides is 3. The molecule has 0 aromatic heterocycles. The highest BCUT2D eigenvalue weighted by Gasteiger charge is 2.06. The van der Waals surface area contributed by atoms with Crippen LogP contribution in [0.15, 0.2) is 24.3 Å².